The third kappa shape index (κ3) is 19.7. The summed E-state index contributed by atoms with van der Waals surface area (Å²) < 4.78 is 42.2. The standard InChI is InChI=1S/C76H122ClF3N12O12/c1-13-48(6)63-72(102)87(10)59(43-50-26-22-27-50)71(101)92-39-33-56(92)69(99)86(9)58(42-49-24-16-14-17-25-49)68(98)84(7)45-61(93)81-54(32-30-51-29-31-52(53(77)41-51)76(78,79)80)67(97)91-38-23-28-55(91)66(96)83-75(34-18-19-35-75)74(104)89(12)64(47(4)5)73(103)88(11)60(70(100)90-36-20-15-21-37-90)44-62(94)85(8)57(40-46(2)3)65(95)82-63/h46-60,63-64H,13-45H2,1-12H3,(H,81,93)(H,82,95)(H,83,96)/t48-,51?,52?,53?,54-,55-,56-,57-,58-,59-,60-,63-,64-/m0/s1. The molecule has 4 heterocycles. The van der Waals surface area contributed by atoms with Crippen molar-refractivity contribution in [2.45, 2.75) is 293 Å². The smallest absolute Gasteiger partial charge is 0.343 e. The molecular weight excluding hydrogens is 1370 g/mol. The Morgan fingerprint density at radius 2 is 1.15 bits per heavy atom. The number of fused-ring (bicyclic) bond motifs is 2. The zero-order valence-corrected chi connectivity index (χ0v) is 64.8. The summed E-state index contributed by atoms with van der Waals surface area (Å²) in [5.74, 6) is -10.3. The number of halogens is 4. The zero-order chi connectivity index (χ0) is 76.4. The van der Waals surface area contributed by atoms with Gasteiger partial charge >= 0.3 is 6.18 Å². The van der Waals surface area contributed by atoms with Crippen molar-refractivity contribution in [2.24, 2.45) is 41.4 Å². The predicted octanol–water partition coefficient (Wildman–Crippen LogP) is 7.26. The Bertz CT molecular complexity index is 3070. The summed E-state index contributed by atoms with van der Waals surface area (Å²) in [5, 5.41) is 7.73. The van der Waals surface area contributed by atoms with Crippen molar-refractivity contribution in [3.05, 3.63) is 0 Å². The summed E-state index contributed by atoms with van der Waals surface area (Å²) in [4.78, 5) is 195. The molecule has 586 valence electrons. The number of likely N-dealkylation sites (N-methyl/N-ethyl adjacent to an activating group) is 6. The van der Waals surface area contributed by atoms with Gasteiger partial charge in [0.05, 0.1) is 18.9 Å². The first kappa shape index (κ1) is 83.4. The van der Waals surface area contributed by atoms with E-state index in [1.165, 1.54) is 81.5 Å². The molecule has 3 unspecified atom stereocenters. The second-order valence-corrected chi connectivity index (χ2v) is 33.5. The largest absolute Gasteiger partial charge is 0.393 e. The SMILES string of the molecule is CC[C@H](C)[C@@H]1NC(=O)[C@H](CC(C)C)N(C)C(=O)C[C@@H](C(=O)N2CCCCC2)N(C)C(=O)[C@H](C(C)C)N(C)C(=O)C2(CCCC2)NC(=O)[C@@H]2CCCN2C(=O)[C@H](CCC2CCC(C(F)(F)F)C(Cl)C2)NC(=O)CN(C)C(=O)[C@H](CC2CCCCC2)N(C)C(=O)[C@@H]2CCN2C(=O)[C@H](CC2CCC2)N(C)C1=O. The van der Waals surface area contributed by atoms with E-state index in [1.54, 1.807) is 18.7 Å². The number of piperidine rings is 1. The number of likely N-dealkylation sites (tertiary alicyclic amines) is 1. The van der Waals surface area contributed by atoms with Crippen LogP contribution in [0, 0.1) is 41.4 Å². The summed E-state index contributed by atoms with van der Waals surface area (Å²) in [5.41, 5.74) is -1.56. The van der Waals surface area contributed by atoms with Gasteiger partial charge in [-0.05, 0) is 138 Å². The Labute approximate surface area is 619 Å². The summed E-state index contributed by atoms with van der Waals surface area (Å²) in [6.45, 7) is 11.4. The van der Waals surface area contributed by atoms with E-state index in [2.05, 4.69) is 16.0 Å². The van der Waals surface area contributed by atoms with Crippen LogP contribution in [0.25, 0.3) is 0 Å². The number of amides is 12. The fourth-order valence-electron chi connectivity index (χ4n) is 17.7. The molecule has 4 saturated heterocycles. The third-order valence-corrected chi connectivity index (χ3v) is 25.3. The lowest BCUT2D eigenvalue weighted by atomic mass is 9.78. The maximum Gasteiger partial charge on any atom is 0.393 e. The number of alkyl halides is 4. The van der Waals surface area contributed by atoms with Gasteiger partial charge < -0.3 is 60.0 Å². The van der Waals surface area contributed by atoms with Crippen LogP contribution >= 0.6 is 11.6 Å². The van der Waals surface area contributed by atoms with E-state index >= 15 is 52.7 Å². The van der Waals surface area contributed by atoms with E-state index in [4.69, 9.17) is 11.6 Å². The number of carbonyl (C=O) groups is 12. The molecule has 3 N–H and O–H groups in total. The van der Waals surface area contributed by atoms with Gasteiger partial charge in [0.15, 0.2) is 0 Å². The molecular formula is C76H122ClF3N12O12. The zero-order valence-electron chi connectivity index (χ0n) is 64.1. The molecule has 4 aliphatic carbocycles. The lowest BCUT2D eigenvalue weighted by Crippen LogP contribution is -2.65. The molecule has 0 aromatic rings. The molecule has 13 atom stereocenters. The van der Waals surface area contributed by atoms with Crippen molar-refractivity contribution in [2.75, 3.05) is 75.0 Å². The van der Waals surface area contributed by atoms with Crippen molar-refractivity contribution in [1.29, 1.82) is 0 Å². The second kappa shape index (κ2) is 36.5. The van der Waals surface area contributed by atoms with E-state index in [0.717, 1.165) is 57.8 Å². The summed E-state index contributed by atoms with van der Waals surface area (Å²) >= 11 is 6.43. The van der Waals surface area contributed by atoms with Crippen molar-refractivity contribution in [1.82, 2.24) is 60.0 Å². The van der Waals surface area contributed by atoms with Crippen LogP contribution in [-0.4, -0.2) is 261 Å². The third-order valence-electron chi connectivity index (χ3n) is 24.9. The Kier molecular flexibility index (Phi) is 29.3. The molecule has 8 aliphatic rings. The number of rotatable bonds is 13. The highest BCUT2D eigenvalue weighted by molar-refractivity contribution is 6.21. The summed E-state index contributed by atoms with van der Waals surface area (Å²) in [6, 6.07) is -10.7. The Morgan fingerprint density at radius 1 is 0.558 bits per heavy atom. The minimum Gasteiger partial charge on any atom is -0.343 e. The maximum atomic E-state index is 15.5. The predicted molar refractivity (Wildman–Crippen MR) is 386 cm³/mol. The van der Waals surface area contributed by atoms with Crippen LogP contribution in [0.4, 0.5) is 13.2 Å². The second-order valence-electron chi connectivity index (χ2n) is 32.9. The Morgan fingerprint density at radius 3 is 1.71 bits per heavy atom. The monoisotopic (exact) mass is 1490 g/mol. The van der Waals surface area contributed by atoms with Gasteiger partial charge in [-0.2, -0.15) is 13.2 Å². The number of nitrogens with zero attached hydrogens (tertiary/aromatic N) is 9. The molecule has 24 nitrogen and oxygen atoms in total. The van der Waals surface area contributed by atoms with Crippen LogP contribution in [0.15, 0.2) is 0 Å². The van der Waals surface area contributed by atoms with Crippen LogP contribution in [-0.2, 0) is 57.5 Å². The fraction of sp³-hybridized carbons (Fsp3) is 0.842. The van der Waals surface area contributed by atoms with Gasteiger partial charge in [-0.25, -0.2) is 0 Å². The van der Waals surface area contributed by atoms with Crippen molar-refractivity contribution >= 4 is 82.5 Å². The summed E-state index contributed by atoms with van der Waals surface area (Å²) in [7, 11) is 8.86. The molecule has 104 heavy (non-hydrogen) atoms. The molecule has 8 rings (SSSR count). The molecule has 1 spiro atoms. The minimum atomic E-state index is -4.51. The van der Waals surface area contributed by atoms with Crippen LogP contribution < -0.4 is 16.0 Å². The van der Waals surface area contributed by atoms with Crippen molar-refractivity contribution in [3.8, 4) is 0 Å². The maximum absolute atomic E-state index is 15.5. The van der Waals surface area contributed by atoms with E-state index in [1.807, 2.05) is 27.7 Å². The van der Waals surface area contributed by atoms with Crippen LogP contribution in [0.2, 0.25) is 0 Å². The Hall–Kier alpha value is -6.28. The number of hydrogen-bond donors (Lipinski definition) is 3. The molecule has 4 saturated carbocycles. The average Bonchev–Trinajstić information content (AvgIpc) is 1.05. The molecule has 12 amide bonds. The molecule has 0 aromatic carbocycles. The molecule has 0 aromatic heterocycles. The average molecular weight is 1490 g/mol. The van der Waals surface area contributed by atoms with E-state index in [9.17, 15) is 18.0 Å². The molecule has 0 bridgehead atoms. The number of nitrogens with one attached hydrogen (secondary N) is 3. The normalized spacial score (nSPS) is 31.1. The Balaban J connectivity index is 1.18. The number of hydrogen-bond acceptors (Lipinski definition) is 12. The van der Waals surface area contributed by atoms with Gasteiger partial charge in [-0.15, -0.1) is 11.6 Å². The van der Waals surface area contributed by atoms with Gasteiger partial charge in [0.1, 0.15) is 59.9 Å². The topological polar surface area (TPSA) is 270 Å². The van der Waals surface area contributed by atoms with Crippen LogP contribution in [0.3, 0.4) is 0 Å². The van der Waals surface area contributed by atoms with E-state index in [-0.39, 0.29) is 114 Å². The lowest BCUT2D eigenvalue weighted by Gasteiger charge is -2.46. The van der Waals surface area contributed by atoms with Crippen molar-refractivity contribution < 1.29 is 70.7 Å². The van der Waals surface area contributed by atoms with Gasteiger partial charge in [-0.1, -0.05) is 112 Å². The van der Waals surface area contributed by atoms with Gasteiger partial charge in [-0.3, -0.25) is 57.5 Å². The first-order valence-electron chi connectivity index (χ1n) is 39.2. The fourth-order valence-corrected chi connectivity index (χ4v) is 18.2. The first-order valence-corrected chi connectivity index (χ1v) is 39.6. The highest BCUT2D eigenvalue weighted by Crippen LogP contribution is 2.44. The first-order chi connectivity index (χ1) is 49.1. The van der Waals surface area contributed by atoms with E-state index < -0.39 is 173 Å². The highest BCUT2D eigenvalue weighted by atomic mass is 35.5. The van der Waals surface area contributed by atoms with Crippen molar-refractivity contribution in [3.63, 3.8) is 0 Å². The summed E-state index contributed by atoms with van der Waals surface area (Å²) in [6.07, 6.45) is 7.54. The minimum absolute atomic E-state index is 0.00305. The molecule has 0 radical (unpaired) electrons. The van der Waals surface area contributed by atoms with Gasteiger partial charge in [0, 0.05) is 73.8 Å². The molecule has 4 aliphatic heterocycles. The van der Waals surface area contributed by atoms with E-state index in [0.29, 0.717) is 51.6 Å². The lowest BCUT2D eigenvalue weighted by molar-refractivity contribution is -0.182. The van der Waals surface area contributed by atoms with Gasteiger partial charge in [0.25, 0.3) is 0 Å². The molecule has 8 fully saturated rings. The quantitative estimate of drug-likeness (QED) is 0.154. The highest BCUT2D eigenvalue weighted by Gasteiger charge is 2.53. The number of carbonyl (C=O) groups excluding carboxylic acids is 12. The van der Waals surface area contributed by atoms with Crippen LogP contribution in [0.1, 0.15) is 221 Å². The molecule has 28 heteroatoms. The van der Waals surface area contributed by atoms with Crippen LogP contribution in [0.5, 0.6) is 0 Å². The van der Waals surface area contributed by atoms with Gasteiger partial charge in [0.2, 0.25) is 70.9 Å².